The van der Waals surface area contributed by atoms with Crippen molar-refractivity contribution >= 4 is 92.4 Å². The van der Waals surface area contributed by atoms with Crippen LogP contribution in [0.5, 0.6) is 0 Å². The predicted molar refractivity (Wildman–Crippen MR) is 269 cm³/mol. The van der Waals surface area contributed by atoms with Crippen LogP contribution >= 0.6 is 11.3 Å². The number of hydrogen-bond donors (Lipinski definition) is 0. The SMILES string of the molecule is CC1(C)c2ccccc2-c2ccc(N(c3ccc4c(c3)C(C)(C)c3ccccc3-4)c3c(-c4cccc5c4sc4ccccc45)ccc4c3oc3ccc5oc6ccccc6c5c34)cc21. The van der Waals surface area contributed by atoms with Gasteiger partial charge in [0, 0.05) is 75.0 Å². The van der Waals surface area contributed by atoms with Gasteiger partial charge in [-0.3, -0.25) is 0 Å². The molecule has 0 fully saturated rings. The molecular formula is C60H41NO2S. The fourth-order valence-corrected chi connectivity index (χ4v) is 12.8. The Bertz CT molecular complexity index is 3880. The van der Waals surface area contributed by atoms with Gasteiger partial charge in [-0.1, -0.05) is 149 Å². The third kappa shape index (κ3) is 4.70. The maximum Gasteiger partial charge on any atom is 0.160 e. The summed E-state index contributed by atoms with van der Waals surface area (Å²) in [4.78, 5) is 2.51. The average Bonchev–Trinajstić information content (AvgIpc) is 4.11. The number of hydrogen-bond acceptors (Lipinski definition) is 4. The fraction of sp³-hybridized carbons (Fsp3) is 0.100. The lowest BCUT2D eigenvalue weighted by Crippen LogP contribution is -2.18. The van der Waals surface area contributed by atoms with Crippen molar-refractivity contribution in [3.63, 3.8) is 0 Å². The van der Waals surface area contributed by atoms with E-state index >= 15 is 0 Å². The van der Waals surface area contributed by atoms with Gasteiger partial charge in [-0.05, 0) is 99.1 Å². The topological polar surface area (TPSA) is 29.5 Å². The minimum Gasteiger partial charge on any atom is -0.456 e. The molecule has 0 unspecified atom stereocenters. The molecule has 2 aliphatic carbocycles. The highest BCUT2D eigenvalue weighted by Gasteiger charge is 2.38. The van der Waals surface area contributed by atoms with Gasteiger partial charge in [-0.15, -0.1) is 11.3 Å². The Morgan fingerprint density at radius 3 is 1.62 bits per heavy atom. The van der Waals surface area contributed by atoms with E-state index in [4.69, 9.17) is 8.83 Å². The standard InChI is InChI=1S/C60H41NO2S/c1-59(2)46-20-9-5-14-36(46)38-26-24-34(32-48(38)59)61(35-25-27-39-37-15-6-10-21-47(37)60(3,4)49(39)33-35)56-41(43-19-13-18-42-40-16-8-12-23-53(40)64-58(42)43)28-29-45-55-52(63-57(45)56)31-30-51-54(55)44-17-7-11-22-50(44)62-51/h5-33H,1-4H3. The number of para-hydroxylation sites is 1. The number of fused-ring (bicyclic) bond motifs is 16. The Balaban J connectivity index is 1.13. The van der Waals surface area contributed by atoms with Crippen LogP contribution in [0.1, 0.15) is 49.9 Å². The molecular weight excluding hydrogens is 799 g/mol. The molecule has 3 nitrogen and oxygen atoms in total. The molecule has 4 heteroatoms. The Hall–Kier alpha value is -7.40. The van der Waals surface area contributed by atoms with Crippen LogP contribution in [-0.2, 0) is 10.8 Å². The molecule has 3 heterocycles. The molecule has 0 amide bonds. The monoisotopic (exact) mass is 839 g/mol. The second-order valence-electron chi connectivity index (χ2n) is 18.8. The molecule has 12 aromatic rings. The average molecular weight is 840 g/mol. The summed E-state index contributed by atoms with van der Waals surface area (Å²) in [7, 11) is 0. The Labute approximate surface area is 374 Å². The van der Waals surface area contributed by atoms with Crippen LogP contribution in [0.15, 0.2) is 185 Å². The maximum atomic E-state index is 7.36. The minimum absolute atomic E-state index is 0.194. The van der Waals surface area contributed by atoms with E-state index in [1.54, 1.807) is 0 Å². The first-order chi connectivity index (χ1) is 31.3. The molecule has 3 aromatic heterocycles. The van der Waals surface area contributed by atoms with E-state index in [1.165, 1.54) is 70.2 Å². The first kappa shape index (κ1) is 36.1. The summed E-state index contributed by atoms with van der Waals surface area (Å²) in [5.74, 6) is 0. The number of anilines is 3. The number of nitrogens with zero attached hydrogens (tertiary/aromatic N) is 1. The van der Waals surface area contributed by atoms with Gasteiger partial charge in [0.05, 0.1) is 5.69 Å². The lowest BCUT2D eigenvalue weighted by atomic mass is 9.82. The Kier molecular flexibility index (Phi) is 7.12. The summed E-state index contributed by atoms with van der Waals surface area (Å²) in [5.41, 5.74) is 19.1. The van der Waals surface area contributed by atoms with Crippen molar-refractivity contribution in [3.05, 3.63) is 198 Å². The summed E-state index contributed by atoms with van der Waals surface area (Å²) >= 11 is 1.87. The van der Waals surface area contributed by atoms with Crippen LogP contribution in [0.25, 0.3) is 97.4 Å². The number of furan rings is 2. The quantitative estimate of drug-likeness (QED) is 0.177. The van der Waals surface area contributed by atoms with Gasteiger partial charge >= 0.3 is 0 Å². The molecule has 14 rings (SSSR count). The molecule has 0 atom stereocenters. The van der Waals surface area contributed by atoms with Crippen LogP contribution in [0.4, 0.5) is 17.1 Å². The summed E-state index contributed by atoms with van der Waals surface area (Å²) in [6, 6.07) is 64.8. The third-order valence-electron chi connectivity index (χ3n) is 14.7. The molecule has 9 aromatic carbocycles. The van der Waals surface area contributed by atoms with E-state index in [2.05, 4.69) is 202 Å². The molecule has 0 spiro atoms. The molecule has 0 saturated heterocycles. The summed E-state index contributed by atoms with van der Waals surface area (Å²) in [6.07, 6.45) is 0. The Morgan fingerprint density at radius 2 is 0.922 bits per heavy atom. The molecule has 0 bridgehead atoms. The predicted octanol–water partition coefficient (Wildman–Crippen LogP) is 17.6. The van der Waals surface area contributed by atoms with E-state index < -0.39 is 0 Å². The highest BCUT2D eigenvalue weighted by Crippen LogP contribution is 2.56. The number of rotatable bonds is 4. The maximum absolute atomic E-state index is 7.36. The lowest BCUT2D eigenvalue weighted by Gasteiger charge is -2.31. The zero-order valence-corrected chi connectivity index (χ0v) is 36.7. The van der Waals surface area contributed by atoms with Crippen molar-refractivity contribution in [3.8, 4) is 33.4 Å². The van der Waals surface area contributed by atoms with Crippen LogP contribution < -0.4 is 4.90 Å². The zero-order chi connectivity index (χ0) is 42.6. The van der Waals surface area contributed by atoms with Crippen LogP contribution in [0, 0.1) is 0 Å². The van der Waals surface area contributed by atoms with Gasteiger partial charge in [0.2, 0.25) is 0 Å². The molecule has 0 saturated carbocycles. The minimum atomic E-state index is -0.194. The van der Waals surface area contributed by atoms with Crippen molar-refractivity contribution in [1.82, 2.24) is 0 Å². The van der Waals surface area contributed by atoms with Gasteiger partial charge in [0.1, 0.15) is 16.7 Å². The molecule has 304 valence electrons. The van der Waals surface area contributed by atoms with Crippen LogP contribution in [-0.4, -0.2) is 0 Å². The summed E-state index contributed by atoms with van der Waals surface area (Å²) in [6.45, 7) is 9.48. The second-order valence-corrected chi connectivity index (χ2v) is 19.8. The molecule has 0 radical (unpaired) electrons. The molecule has 0 aliphatic heterocycles. The van der Waals surface area contributed by atoms with Crippen molar-refractivity contribution in [2.45, 2.75) is 38.5 Å². The van der Waals surface area contributed by atoms with Crippen LogP contribution in [0.3, 0.4) is 0 Å². The number of benzene rings is 9. The van der Waals surface area contributed by atoms with E-state index in [-0.39, 0.29) is 10.8 Å². The normalized spacial score (nSPS) is 14.5. The highest BCUT2D eigenvalue weighted by molar-refractivity contribution is 7.26. The van der Waals surface area contributed by atoms with Gasteiger partial charge in [0.15, 0.2) is 5.58 Å². The third-order valence-corrected chi connectivity index (χ3v) is 15.9. The zero-order valence-electron chi connectivity index (χ0n) is 35.9. The van der Waals surface area contributed by atoms with Crippen molar-refractivity contribution in [2.75, 3.05) is 4.90 Å². The van der Waals surface area contributed by atoms with Gasteiger partial charge in [-0.2, -0.15) is 0 Å². The smallest absolute Gasteiger partial charge is 0.160 e. The van der Waals surface area contributed by atoms with E-state index in [1.807, 2.05) is 17.4 Å². The van der Waals surface area contributed by atoms with Gasteiger partial charge < -0.3 is 13.7 Å². The second kappa shape index (κ2) is 12.6. The molecule has 0 N–H and O–H groups in total. The van der Waals surface area contributed by atoms with Gasteiger partial charge in [0.25, 0.3) is 0 Å². The van der Waals surface area contributed by atoms with Crippen LogP contribution in [0.2, 0.25) is 0 Å². The molecule has 2 aliphatic rings. The van der Waals surface area contributed by atoms with E-state index in [0.717, 1.165) is 66.5 Å². The summed E-state index contributed by atoms with van der Waals surface area (Å²) in [5, 5.41) is 6.84. The first-order valence-corrected chi connectivity index (χ1v) is 23.1. The van der Waals surface area contributed by atoms with Gasteiger partial charge in [-0.25, -0.2) is 0 Å². The van der Waals surface area contributed by atoms with Crippen molar-refractivity contribution < 1.29 is 8.83 Å². The summed E-state index contributed by atoms with van der Waals surface area (Å²) < 4.78 is 16.4. The van der Waals surface area contributed by atoms with E-state index in [0.29, 0.717) is 0 Å². The Morgan fingerprint density at radius 1 is 0.391 bits per heavy atom. The lowest BCUT2D eigenvalue weighted by molar-refractivity contribution is 0.659. The van der Waals surface area contributed by atoms with Crippen molar-refractivity contribution in [1.29, 1.82) is 0 Å². The highest BCUT2D eigenvalue weighted by atomic mass is 32.1. The fourth-order valence-electron chi connectivity index (χ4n) is 11.6. The molecule has 64 heavy (non-hydrogen) atoms. The van der Waals surface area contributed by atoms with Crippen molar-refractivity contribution in [2.24, 2.45) is 0 Å². The first-order valence-electron chi connectivity index (χ1n) is 22.2. The largest absolute Gasteiger partial charge is 0.456 e. The van der Waals surface area contributed by atoms with E-state index in [9.17, 15) is 0 Å². The number of thiophene rings is 1.